The summed E-state index contributed by atoms with van der Waals surface area (Å²) in [6.07, 6.45) is 1.51. The molecular weight excluding hydrogens is 288 g/mol. The summed E-state index contributed by atoms with van der Waals surface area (Å²) in [5, 5.41) is 1.08. The first-order chi connectivity index (χ1) is 9.94. The largest absolute Gasteiger partial charge is 0.276 e. The van der Waals surface area contributed by atoms with E-state index in [0.717, 1.165) is 22.4 Å². The molecule has 0 bridgehead atoms. The minimum atomic E-state index is -3.63. The standard InChI is InChI=1S/C14H16N4O2S/c1-11-10-12(2)16-14(15-11)17-18-21(19,20)9-8-13-6-4-3-5-7-13/h3-10,18H,1-2H3,(H,15,16,17)/b9-8+. The van der Waals surface area contributed by atoms with Crippen molar-refractivity contribution in [3.8, 4) is 0 Å². The molecule has 0 aliphatic carbocycles. The van der Waals surface area contributed by atoms with Crippen LogP contribution in [0.25, 0.3) is 6.08 Å². The Hall–Kier alpha value is -2.25. The number of rotatable bonds is 5. The third kappa shape index (κ3) is 4.97. The van der Waals surface area contributed by atoms with E-state index in [2.05, 4.69) is 20.2 Å². The molecule has 0 atom stereocenters. The van der Waals surface area contributed by atoms with Gasteiger partial charge in [0.2, 0.25) is 5.95 Å². The molecule has 0 unspecified atom stereocenters. The number of nitrogens with one attached hydrogen (secondary N) is 2. The van der Waals surface area contributed by atoms with Crippen LogP contribution in [0.1, 0.15) is 17.0 Å². The van der Waals surface area contributed by atoms with Crippen LogP contribution in [0.4, 0.5) is 5.95 Å². The zero-order valence-corrected chi connectivity index (χ0v) is 12.6. The number of nitrogens with zero attached hydrogens (tertiary/aromatic N) is 2. The minimum Gasteiger partial charge on any atom is -0.276 e. The van der Waals surface area contributed by atoms with Crippen molar-refractivity contribution >= 4 is 22.0 Å². The van der Waals surface area contributed by atoms with Crippen LogP contribution < -0.4 is 10.3 Å². The lowest BCUT2D eigenvalue weighted by Crippen LogP contribution is -2.28. The molecule has 0 saturated carbocycles. The Bertz CT molecular complexity index is 723. The number of aryl methyl sites for hydroxylation is 2. The van der Waals surface area contributed by atoms with E-state index in [1.807, 2.05) is 44.2 Å². The number of aromatic nitrogens is 2. The second-order valence-electron chi connectivity index (χ2n) is 4.46. The molecule has 2 rings (SSSR count). The van der Waals surface area contributed by atoms with Gasteiger partial charge in [0.25, 0.3) is 10.0 Å². The van der Waals surface area contributed by atoms with Crippen LogP contribution in [0.2, 0.25) is 0 Å². The average Bonchev–Trinajstić information content (AvgIpc) is 2.44. The molecular formula is C14H16N4O2S. The van der Waals surface area contributed by atoms with Gasteiger partial charge in [-0.05, 0) is 31.6 Å². The molecule has 0 aliphatic heterocycles. The van der Waals surface area contributed by atoms with E-state index in [0.29, 0.717) is 0 Å². The molecule has 2 N–H and O–H groups in total. The lowest BCUT2D eigenvalue weighted by molar-refractivity contribution is 0.596. The molecule has 0 saturated heterocycles. The van der Waals surface area contributed by atoms with Gasteiger partial charge in [-0.1, -0.05) is 30.3 Å². The number of anilines is 1. The number of benzene rings is 1. The highest BCUT2D eigenvalue weighted by atomic mass is 32.2. The summed E-state index contributed by atoms with van der Waals surface area (Å²) >= 11 is 0. The number of hydrogen-bond acceptors (Lipinski definition) is 5. The Morgan fingerprint density at radius 1 is 1.05 bits per heavy atom. The maximum Gasteiger partial charge on any atom is 0.250 e. The second-order valence-corrected chi connectivity index (χ2v) is 6.03. The number of sulfonamides is 1. The molecule has 0 fully saturated rings. The summed E-state index contributed by atoms with van der Waals surface area (Å²) < 4.78 is 23.7. The van der Waals surface area contributed by atoms with Crippen LogP contribution in [0.15, 0.2) is 41.8 Å². The fraction of sp³-hybridized carbons (Fsp3) is 0.143. The van der Waals surface area contributed by atoms with Gasteiger partial charge in [-0.15, -0.1) is 4.83 Å². The van der Waals surface area contributed by atoms with E-state index in [9.17, 15) is 8.42 Å². The van der Waals surface area contributed by atoms with Crippen LogP contribution in [0.3, 0.4) is 0 Å². The van der Waals surface area contributed by atoms with Crippen LogP contribution in [-0.4, -0.2) is 18.4 Å². The monoisotopic (exact) mass is 304 g/mol. The number of hydrogen-bond donors (Lipinski definition) is 2. The molecule has 0 aliphatic rings. The first-order valence-electron chi connectivity index (χ1n) is 6.28. The fourth-order valence-electron chi connectivity index (χ4n) is 1.66. The summed E-state index contributed by atoms with van der Waals surface area (Å²) in [5.74, 6) is 0.212. The summed E-state index contributed by atoms with van der Waals surface area (Å²) in [5.41, 5.74) is 4.80. The first-order valence-corrected chi connectivity index (χ1v) is 7.82. The molecule has 6 nitrogen and oxygen atoms in total. The van der Waals surface area contributed by atoms with Crippen molar-refractivity contribution < 1.29 is 8.42 Å². The van der Waals surface area contributed by atoms with Crippen molar-refractivity contribution in [1.82, 2.24) is 14.8 Å². The molecule has 21 heavy (non-hydrogen) atoms. The highest BCUT2D eigenvalue weighted by molar-refractivity contribution is 7.92. The van der Waals surface area contributed by atoms with Gasteiger partial charge in [0.05, 0.1) is 0 Å². The van der Waals surface area contributed by atoms with Crippen molar-refractivity contribution in [1.29, 1.82) is 0 Å². The molecule has 1 aromatic carbocycles. The Morgan fingerprint density at radius 3 is 2.29 bits per heavy atom. The molecule has 1 aromatic heterocycles. The third-order valence-corrected chi connectivity index (χ3v) is 3.41. The van der Waals surface area contributed by atoms with Crippen molar-refractivity contribution in [2.75, 3.05) is 5.43 Å². The van der Waals surface area contributed by atoms with Crippen LogP contribution in [0, 0.1) is 13.8 Å². The van der Waals surface area contributed by atoms with Gasteiger partial charge in [0.1, 0.15) is 0 Å². The van der Waals surface area contributed by atoms with Gasteiger partial charge in [-0.25, -0.2) is 18.4 Å². The van der Waals surface area contributed by atoms with E-state index < -0.39 is 10.0 Å². The Morgan fingerprint density at radius 2 is 1.67 bits per heavy atom. The topological polar surface area (TPSA) is 84.0 Å². The highest BCUT2D eigenvalue weighted by Gasteiger charge is 2.06. The van der Waals surface area contributed by atoms with Gasteiger partial charge >= 0.3 is 0 Å². The van der Waals surface area contributed by atoms with Gasteiger partial charge in [0, 0.05) is 16.8 Å². The maximum absolute atomic E-state index is 11.8. The van der Waals surface area contributed by atoms with Crippen molar-refractivity contribution in [2.24, 2.45) is 0 Å². The second kappa shape index (κ2) is 6.47. The van der Waals surface area contributed by atoms with Gasteiger partial charge in [-0.3, -0.25) is 5.43 Å². The SMILES string of the molecule is Cc1cc(C)nc(NNS(=O)(=O)/C=C/c2ccccc2)n1. The van der Waals surface area contributed by atoms with Crippen molar-refractivity contribution in [3.63, 3.8) is 0 Å². The van der Waals surface area contributed by atoms with E-state index >= 15 is 0 Å². The summed E-state index contributed by atoms with van der Waals surface area (Å²) in [4.78, 5) is 10.4. The quantitative estimate of drug-likeness (QED) is 0.826. The fourth-order valence-corrected chi connectivity index (χ4v) is 2.30. The predicted octanol–water partition coefficient (Wildman–Crippen LogP) is 2.01. The average molecular weight is 304 g/mol. The minimum absolute atomic E-state index is 0.212. The molecule has 1 heterocycles. The maximum atomic E-state index is 11.8. The van der Waals surface area contributed by atoms with Crippen LogP contribution >= 0.6 is 0 Å². The Kier molecular flexibility index (Phi) is 4.66. The van der Waals surface area contributed by atoms with Gasteiger partial charge < -0.3 is 0 Å². The van der Waals surface area contributed by atoms with Gasteiger partial charge in [0.15, 0.2) is 0 Å². The van der Waals surface area contributed by atoms with E-state index in [4.69, 9.17) is 0 Å². The van der Waals surface area contributed by atoms with E-state index in [1.165, 1.54) is 6.08 Å². The Balaban J connectivity index is 2.03. The smallest absolute Gasteiger partial charge is 0.250 e. The number of hydrazine groups is 1. The zero-order chi connectivity index (χ0) is 15.3. The first kappa shape index (κ1) is 15.1. The lowest BCUT2D eigenvalue weighted by atomic mass is 10.2. The molecule has 0 amide bonds. The third-order valence-electron chi connectivity index (χ3n) is 2.53. The summed E-state index contributed by atoms with van der Waals surface area (Å²) in [7, 11) is -3.63. The zero-order valence-electron chi connectivity index (χ0n) is 11.7. The normalized spacial score (nSPS) is 11.7. The summed E-state index contributed by atoms with van der Waals surface area (Å²) in [6, 6.07) is 11.0. The van der Waals surface area contributed by atoms with E-state index in [1.54, 1.807) is 6.07 Å². The van der Waals surface area contributed by atoms with Crippen LogP contribution in [-0.2, 0) is 10.0 Å². The van der Waals surface area contributed by atoms with Crippen molar-refractivity contribution in [3.05, 3.63) is 58.8 Å². The molecule has 0 spiro atoms. The van der Waals surface area contributed by atoms with Crippen LogP contribution in [0.5, 0.6) is 0 Å². The molecule has 7 heteroatoms. The molecule has 110 valence electrons. The Labute approximate surface area is 124 Å². The predicted molar refractivity (Wildman–Crippen MR) is 82.7 cm³/mol. The summed E-state index contributed by atoms with van der Waals surface area (Å²) in [6.45, 7) is 3.62. The lowest BCUT2D eigenvalue weighted by Gasteiger charge is -2.06. The van der Waals surface area contributed by atoms with Gasteiger partial charge in [-0.2, -0.15) is 0 Å². The molecule has 2 aromatic rings. The highest BCUT2D eigenvalue weighted by Crippen LogP contribution is 2.04. The van der Waals surface area contributed by atoms with Crippen molar-refractivity contribution in [2.45, 2.75) is 13.8 Å². The van der Waals surface area contributed by atoms with E-state index in [-0.39, 0.29) is 5.95 Å². The molecule has 0 radical (unpaired) electrons.